The van der Waals surface area contributed by atoms with Crippen LogP contribution in [0.4, 0.5) is 0 Å². The van der Waals surface area contributed by atoms with Crippen molar-refractivity contribution in [2.45, 2.75) is 6.42 Å². The highest BCUT2D eigenvalue weighted by Crippen LogP contribution is 2.21. The standard InChI is InChI=1S/C11H8ClIO3/c12-9-2-3-10(14)8(6-9)7-11(15)16-5-1-4-13/h2-3,6,14H,5,7H2. The van der Waals surface area contributed by atoms with E-state index in [0.717, 1.165) is 0 Å². The van der Waals surface area contributed by atoms with Gasteiger partial charge in [0.05, 0.1) is 6.42 Å². The zero-order valence-corrected chi connectivity index (χ0v) is 11.1. The molecule has 0 bridgehead atoms. The largest absolute Gasteiger partial charge is 0.508 e. The summed E-state index contributed by atoms with van der Waals surface area (Å²) in [7, 11) is 0. The van der Waals surface area contributed by atoms with Crippen LogP contribution < -0.4 is 0 Å². The van der Waals surface area contributed by atoms with Crippen molar-refractivity contribution < 1.29 is 14.6 Å². The zero-order valence-electron chi connectivity index (χ0n) is 8.17. The van der Waals surface area contributed by atoms with Crippen LogP contribution in [0.5, 0.6) is 5.75 Å². The second kappa shape index (κ2) is 6.61. The van der Waals surface area contributed by atoms with E-state index in [2.05, 4.69) is 9.85 Å². The van der Waals surface area contributed by atoms with Gasteiger partial charge in [-0.2, -0.15) is 0 Å². The van der Waals surface area contributed by atoms with Gasteiger partial charge in [0.25, 0.3) is 0 Å². The lowest BCUT2D eigenvalue weighted by molar-refractivity contribution is -0.141. The highest BCUT2D eigenvalue weighted by atomic mass is 127. The van der Waals surface area contributed by atoms with E-state index in [4.69, 9.17) is 16.3 Å². The molecule has 0 heterocycles. The number of aromatic hydroxyl groups is 1. The SMILES string of the molecule is O=C(Cc1cc(Cl)ccc1O)OCC#CI. The van der Waals surface area contributed by atoms with Crippen LogP contribution in [0, 0.1) is 9.85 Å². The average molecular weight is 351 g/mol. The lowest BCUT2D eigenvalue weighted by Crippen LogP contribution is -2.08. The van der Waals surface area contributed by atoms with Crippen LogP contribution in [0.1, 0.15) is 5.56 Å². The average Bonchev–Trinajstić information content (AvgIpc) is 2.24. The summed E-state index contributed by atoms with van der Waals surface area (Å²) >= 11 is 7.60. The second-order valence-electron chi connectivity index (χ2n) is 2.88. The molecule has 0 aliphatic heterocycles. The van der Waals surface area contributed by atoms with Crippen molar-refractivity contribution in [3.8, 4) is 15.6 Å². The lowest BCUT2D eigenvalue weighted by Gasteiger charge is -2.04. The summed E-state index contributed by atoms with van der Waals surface area (Å²) < 4.78 is 7.39. The molecular weight excluding hydrogens is 342 g/mol. The number of carbonyl (C=O) groups is 1. The van der Waals surface area contributed by atoms with Gasteiger partial charge in [0.1, 0.15) is 5.75 Å². The molecule has 1 N–H and O–H groups in total. The number of phenols is 1. The molecule has 0 amide bonds. The molecule has 5 heteroatoms. The molecule has 1 aromatic rings. The Morgan fingerprint density at radius 2 is 2.31 bits per heavy atom. The Kier molecular flexibility index (Phi) is 5.43. The van der Waals surface area contributed by atoms with Gasteiger partial charge < -0.3 is 9.84 Å². The number of ether oxygens (including phenoxy) is 1. The van der Waals surface area contributed by atoms with Crippen LogP contribution in [-0.2, 0) is 16.0 Å². The van der Waals surface area contributed by atoms with Gasteiger partial charge in [0.15, 0.2) is 6.61 Å². The Hall–Kier alpha value is -0.930. The van der Waals surface area contributed by atoms with Crippen LogP contribution in [0.15, 0.2) is 18.2 Å². The molecule has 0 aliphatic carbocycles. The zero-order chi connectivity index (χ0) is 12.0. The first kappa shape index (κ1) is 13.1. The van der Waals surface area contributed by atoms with Crippen LogP contribution in [-0.4, -0.2) is 17.7 Å². The summed E-state index contributed by atoms with van der Waals surface area (Å²) in [6, 6.07) is 4.52. The minimum atomic E-state index is -0.447. The Bertz CT molecular complexity index is 448. The van der Waals surface area contributed by atoms with Gasteiger partial charge >= 0.3 is 5.97 Å². The van der Waals surface area contributed by atoms with Crippen molar-refractivity contribution in [1.82, 2.24) is 0 Å². The molecule has 3 nitrogen and oxygen atoms in total. The van der Waals surface area contributed by atoms with Gasteiger partial charge in [-0.25, -0.2) is 0 Å². The minimum absolute atomic E-state index is 0.0185. The molecule has 0 aromatic heterocycles. The molecule has 0 fully saturated rings. The third kappa shape index (κ3) is 4.29. The molecular formula is C11H8ClIO3. The number of hydrogen-bond acceptors (Lipinski definition) is 3. The Morgan fingerprint density at radius 3 is 3.00 bits per heavy atom. The van der Waals surface area contributed by atoms with Crippen molar-refractivity contribution in [3.05, 3.63) is 28.8 Å². The Labute approximate surface area is 112 Å². The van der Waals surface area contributed by atoms with E-state index in [0.29, 0.717) is 10.6 Å². The van der Waals surface area contributed by atoms with Crippen LogP contribution >= 0.6 is 34.2 Å². The summed E-state index contributed by atoms with van der Waals surface area (Å²) in [6.45, 7) is 0.0586. The molecule has 0 atom stereocenters. The smallest absolute Gasteiger partial charge is 0.311 e. The predicted octanol–water partition coefficient (Wildman–Crippen LogP) is 2.53. The highest BCUT2D eigenvalue weighted by Gasteiger charge is 2.08. The first-order valence-corrected chi connectivity index (χ1v) is 5.80. The van der Waals surface area contributed by atoms with E-state index in [1.807, 2.05) is 22.6 Å². The number of hydrogen-bond donors (Lipinski definition) is 1. The molecule has 84 valence electrons. The summed E-state index contributed by atoms with van der Waals surface area (Å²) in [5, 5.41) is 9.93. The Morgan fingerprint density at radius 1 is 1.56 bits per heavy atom. The Balaban J connectivity index is 2.61. The van der Waals surface area contributed by atoms with Gasteiger partial charge in [0.2, 0.25) is 0 Å². The topological polar surface area (TPSA) is 46.5 Å². The first-order chi connectivity index (χ1) is 7.63. The van der Waals surface area contributed by atoms with Crippen molar-refractivity contribution >= 4 is 40.2 Å². The molecule has 0 saturated carbocycles. The van der Waals surface area contributed by atoms with Crippen molar-refractivity contribution in [2.75, 3.05) is 6.61 Å². The molecule has 1 aromatic carbocycles. The predicted molar refractivity (Wildman–Crippen MR) is 69.6 cm³/mol. The van der Waals surface area contributed by atoms with Gasteiger partial charge in [-0.3, -0.25) is 4.79 Å². The lowest BCUT2D eigenvalue weighted by atomic mass is 10.1. The maximum atomic E-state index is 11.3. The fourth-order valence-electron chi connectivity index (χ4n) is 1.05. The summed E-state index contributed by atoms with van der Waals surface area (Å²) in [4.78, 5) is 11.3. The van der Waals surface area contributed by atoms with E-state index in [1.165, 1.54) is 12.1 Å². The van der Waals surface area contributed by atoms with E-state index < -0.39 is 5.97 Å². The molecule has 1 rings (SSSR count). The van der Waals surface area contributed by atoms with Crippen molar-refractivity contribution in [2.24, 2.45) is 0 Å². The minimum Gasteiger partial charge on any atom is -0.508 e. The highest BCUT2D eigenvalue weighted by molar-refractivity contribution is 14.1. The number of esters is 1. The molecule has 0 spiro atoms. The summed E-state index contributed by atoms with van der Waals surface area (Å²) in [6.07, 6.45) is -0.0185. The van der Waals surface area contributed by atoms with Crippen molar-refractivity contribution in [1.29, 1.82) is 0 Å². The number of halogens is 2. The summed E-state index contributed by atoms with van der Waals surface area (Å²) in [5.41, 5.74) is 0.444. The summed E-state index contributed by atoms with van der Waals surface area (Å²) in [5.74, 6) is 2.18. The number of benzene rings is 1. The quantitative estimate of drug-likeness (QED) is 0.518. The maximum Gasteiger partial charge on any atom is 0.311 e. The van der Waals surface area contributed by atoms with Crippen molar-refractivity contribution in [3.63, 3.8) is 0 Å². The molecule has 0 radical (unpaired) electrons. The van der Waals surface area contributed by atoms with Gasteiger partial charge in [-0.15, -0.1) is 0 Å². The number of rotatable bonds is 3. The second-order valence-corrected chi connectivity index (χ2v) is 3.86. The van der Waals surface area contributed by atoms with E-state index in [1.54, 1.807) is 6.07 Å². The number of phenolic OH excluding ortho intramolecular Hbond substituents is 1. The van der Waals surface area contributed by atoms with Crippen LogP contribution in [0.2, 0.25) is 5.02 Å². The fraction of sp³-hybridized carbons (Fsp3) is 0.182. The number of carbonyl (C=O) groups excluding carboxylic acids is 1. The normalized spacial score (nSPS) is 9.12. The van der Waals surface area contributed by atoms with E-state index >= 15 is 0 Å². The van der Waals surface area contributed by atoms with Crippen LogP contribution in [0.25, 0.3) is 0 Å². The monoisotopic (exact) mass is 350 g/mol. The van der Waals surface area contributed by atoms with Gasteiger partial charge in [-0.1, -0.05) is 17.5 Å². The van der Waals surface area contributed by atoms with Gasteiger partial charge in [0, 0.05) is 33.2 Å². The molecule has 0 aliphatic rings. The third-order valence-corrected chi connectivity index (χ3v) is 2.36. The van der Waals surface area contributed by atoms with E-state index in [9.17, 15) is 9.90 Å². The first-order valence-electron chi connectivity index (χ1n) is 4.35. The maximum absolute atomic E-state index is 11.3. The third-order valence-electron chi connectivity index (χ3n) is 1.75. The molecule has 16 heavy (non-hydrogen) atoms. The van der Waals surface area contributed by atoms with Crippen LogP contribution in [0.3, 0.4) is 0 Å². The molecule has 0 saturated heterocycles. The molecule has 0 unspecified atom stereocenters. The van der Waals surface area contributed by atoms with E-state index in [-0.39, 0.29) is 18.8 Å². The fourth-order valence-corrected chi connectivity index (χ4v) is 1.40. The van der Waals surface area contributed by atoms with Gasteiger partial charge in [-0.05, 0) is 22.1 Å².